The van der Waals surface area contributed by atoms with Crippen LogP contribution in [0.4, 0.5) is 34.1 Å². The van der Waals surface area contributed by atoms with Crippen molar-refractivity contribution in [3.05, 3.63) is 267 Å². The summed E-state index contributed by atoms with van der Waals surface area (Å²) in [7, 11) is 0. The average molecular weight is 857 g/mol. The van der Waals surface area contributed by atoms with Crippen LogP contribution >= 0.6 is 0 Å². The van der Waals surface area contributed by atoms with Crippen LogP contribution in [-0.2, 0) is 0 Å². The minimum absolute atomic E-state index is 0.832. The summed E-state index contributed by atoms with van der Waals surface area (Å²) in [5.41, 5.74) is 18.0. The molecule has 316 valence electrons. The van der Waals surface area contributed by atoms with Gasteiger partial charge in [0.25, 0.3) is 0 Å². The summed E-state index contributed by atoms with van der Waals surface area (Å²) in [5, 5.41) is 2.20. The maximum atomic E-state index is 7.09. The Morgan fingerprint density at radius 2 is 0.597 bits per heavy atom. The smallest absolute Gasteiger partial charge is 0.159 e. The highest BCUT2D eigenvalue weighted by Crippen LogP contribution is 2.54. The molecular weight excluding hydrogens is 813 g/mol. The third-order valence-electron chi connectivity index (χ3n) is 12.9. The van der Waals surface area contributed by atoms with Crippen molar-refractivity contribution in [1.82, 2.24) is 0 Å². The van der Waals surface area contributed by atoms with Gasteiger partial charge in [0.2, 0.25) is 0 Å². The van der Waals surface area contributed by atoms with Gasteiger partial charge in [-0.3, -0.25) is 0 Å². The number of rotatable bonds is 10. The first kappa shape index (κ1) is 39.7. The monoisotopic (exact) mass is 856 g/mol. The second kappa shape index (κ2) is 17.2. The molecule has 0 unspecified atom stereocenters. The van der Waals surface area contributed by atoms with Gasteiger partial charge in [-0.15, -0.1) is 0 Å². The number of anilines is 6. The van der Waals surface area contributed by atoms with E-state index in [4.69, 9.17) is 4.74 Å². The second-order valence-corrected chi connectivity index (χ2v) is 16.9. The van der Waals surface area contributed by atoms with Gasteiger partial charge in [0.05, 0.1) is 11.4 Å². The standard InChI is InChI=1S/C64H44N2O/c1-5-15-45(16-6-1)47-27-31-49(32-28-47)51-35-39-55(40-36-51)65(56-41-37-52(38-42-56)50-33-29-48(30-34-50)46-17-7-2-8-18-46)60-43-44-62-63-57(23-13-25-59(60)63)58-24-14-26-61(64(58)67-62)66(53-19-9-3-10-20-53)54-21-11-4-12-22-54/h1-44H. The maximum absolute atomic E-state index is 7.09. The minimum Gasteiger partial charge on any atom is -0.454 e. The zero-order valence-corrected chi connectivity index (χ0v) is 36.7. The van der Waals surface area contributed by atoms with Gasteiger partial charge >= 0.3 is 0 Å². The molecule has 1 heterocycles. The van der Waals surface area contributed by atoms with Gasteiger partial charge in [-0.05, 0) is 117 Å². The van der Waals surface area contributed by atoms with E-state index >= 15 is 0 Å². The average Bonchev–Trinajstić information content (AvgIpc) is 3.41. The number of benzene rings is 11. The van der Waals surface area contributed by atoms with Gasteiger partial charge in [0, 0.05) is 39.1 Å². The topological polar surface area (TPSA) is 15.7 Å². The van der Waals surface area contributed by atoms with Crippen LogP contribution in [0.2, 0.25) is 0 Å². The molecule has 3 nitrogen and oxygen atoms in total. The van der Waals surface area contributed by atoms with Crippen LogP contribution in [0.5, 0.6) is 11.5 Å². The summed E-state index contributed by atoms with van der Waals surface area (Å²) in [5.74, 6) is 1.67. The van der Waals surface area contributed by atoms with Crippen LogP contribution in [0.1, 0.15) is 0 Å². The molecule has 1 aliphatic rings. The molecular formula is C64H44N2O. The van der Waals surface area contributed by atoms with E-state index in [-0.39, 0.29) is 0 Å². The quantitative estimate of drug-likeness (QED) is 0.136. The molecule has 12 rings (SSSR count). The van der Waals surface area contributed by atoms with Crippen molar-refractivity contribution in [3.8, 4) is 67.1 Å². The summed E-state index contributed by atoms with van der Waals surface area (Å²) in [6.45, 7) is 0. The summed E-state index contributed by atoms with van der Waals surface area (Å²) in [4.78, 5) is 4.66. The third-order valence-corrected chi connectivity index (χ3v) is 12.9. The lowest BCUT2D eigenvalue weighted by molar-refractivity contribution is 0.488. The molecule has 11 aromatic rings. The molecule has 0 aliphatic carbocycles. The number of ether oxygens (including phenoxy) is 1. The van der Waals surface area contributed by atoms with Crippen LogP contribution in [-0.4, -0.2) is 0 Å². The molecule has 67 heavy (non-hydrogen) atoms. The van der Waals surface area contributed by atoms with Crippen molar-refractivity contribution in [1.29, 1.82) is 0 Å². The lowest BCUT2D eigenvalue weighted by Gasteiger charge is -2.32. The molecule has 0 aromatic heterocycles. The van der Waals surface area contributed by atoms with Crippen LogP contribution in [0, 0.1) is 0 Å². The lowest BCUT2D eigenvalue weighted by Crippen LogP contribution is -2.13. The molecule has 0 fully saturated rings. The van der Waals surface area contributed by atoms with Gasteiger partial charge in [-0.25, -0.2) is 0 Å². The highest BCUT2D eigenvalue weighted by Gasteiger charge is 2.28. The fourth-order valence-electron chi connectivity index (χ4n) is 9.58. The predicted molar refractivity (Wildman–Crippen MR) is 281 cm³/mol. The molecule has 0 atom stereocenters. The molecule has 0 saturated heterocycles. The molecule has 3 heteroatoms. The lowest BCUT2D eigenvalue weighted by atomic mass is 9.92. The van der Waals surface area contributed by atoms with Crippen LogP contribution in [0.3, 0.4) is 0 Å². The molecule has 0 N–H and O–H groups in total. The van der Waals surface area contributed by atoms with E-state index in [9.17, 15) is 0 Å². The van der Waals surface area contributed by atoms with Gasteiger partial charge in [0.15, 0.2) is 5.75 Å². The van der Waals surface area contributed by atoms with Crippen LogP contribution < -0.4 is 14.5 Å². The number of para-hydroxylation sites is 3. The summed E-state index contributed by atoms with van der Waals surface area (Å²) < 4.78 is 7.09. The zero-order valence-electron chi connectivity index (χ0n) is 36.7. The summed E-state index contributed by atoms with van der Waals surface area (Å²) in [6.07, 6.45) is 0. The van der Waals surface area contributed by atoms with Crippen LogP contribution in [0.15, 0.2) is 267 Å². The SMILES string of the molecule is c1ccc(-c2ccc(-c3ccc(N(c4ccc(-c5ccc(-c6ccccc6)cc5)cc4)c4ccc5c6c(cccc46)-c4cccc(N(c6ccccc6)c6ccccc6)c4O5)cc3)cc2)cc1. The van der Waals surface area contributed by atoms with E-state index < -0.39 is 0 Å². The molecule has 0 saturated carbocycles. The van der Waals surface area contributed by atoms with Crippen molar-refractivity contribution in [2.24, 2.45) is 0 Å². The fraction of sp³-hybridized carbons (Fsp3) is 0. The van der Waals surface area contributed by atoms with Crippen molar-refractivity contribution < 1.29 is 4.74 Å². The largest absolute Gasteiger partial charge is 0.454 e. The molecule has 11 aromatic carbocycles. The normalized spacial score (nSPS) is 11.4. The summed E-state index contributed by atoms with van der Waals surface area (Å²) >= 11 is 0. The molecule has 1 aliphatic heterocycles. The highest BCUT2D eigenvalue weighted by molar-refractivity contribution is 6.11. The van der Waals surface area contributed by atoms with Gasteiger partial charge < -0.3 is 14.5 Å². The number of fused-ring (bicyclic) bond motifs is 2. The Balaban J connectivity index is 0.955. The van der Waals surface area contributed by atoms with Gasteiger partial charge in [-0.1, -0.05) is 200 Å². The number of nitrogens with zero attached hydrogens (tertiary/aromatic N) is 2. The first-order valence-corrected chi connectivity index (χ1v) is 22.8. The second-order valence-electron chi connectivity index (χ2n) is 16.9. The number of hydrogen-bond acceptors (Lipinski definition) is 3. The van der Waals surface area contributed by atoms with E-state index in [1.807, 2.05) is 0 Å². The minimum atomic E-state index is 0.832. The van der Waals surface area contributed by atoms with Crippen LogP contribution in [0.25, 0.3) is 66.4 Å². The van der Waals surface area contributed by atoms with Crippen molar-refractivity contribution in [2.45, 2.75) is 0 Å². The Labute approximate surface area is 391 Å². The van der Waals surface area contributed by atoms with Gasteiger partial charge in [0.1, 0.15) is 5.75 Å². The molecule has 0 radical (unpaired) electrons. The van der Waals surface area contributed by atoms with E-state index in [2.05, 4.69) is 277 Å². The molecule has 0 spiro atoms. The first-order chi connectivity index (χ1) is 33.2. The van der Waals surface area contributed by atoms with Crippen molar-refractivity contribution in [2.75, 3.05) is 9.80 Å². The Hall–Kier alpha value is -8.92. The fourth-order valence-corrected chi connectivity index (χ4v) is 9.58. The maximum Gasteiger partial charge on any atom is 0.159 e. The molecule has 0 amide bonds. The van der Waals surface area contributed by atoms with E-state index in [1.165, 1.54) is 33.4 Å². The summed E-state index contributed by atoms with van der Waals surface area (Å²) in [6, 6.07) is 95.2. The van der Waals surface area contributed by atoms with Crippen molar-refractivity contribution >= 4 is 44.9 Å². The van der Waals surface area contributed by atoms with E-state index in [0.717, 1.165) is 78.6 Å². The zero-order chi connectivity index (χ0) is 44.5. The van der Waals surface area contributed by atoms with E-state index in [1.54, 1.807) is 0 Å². The molecule has 0 bridgehead atoms. The first-order valence-electron chi connectivity index (χ1n) is 22.8. The predicted octanol–water partition coefficient (Wildman–Crippen LogP) is 18.2. The van der Waals surface area contributed by atoms with Gasteiger partial charge in [-0.2, -0.15) is 0 Å². The Morgan fingerprint density at radius 1 is 0.239 bits per heavy atom. The Kier molecular flexibility index (Phi) is 10.2. The highest BCUT2D eigenvalue weighted by atomic mass is 16.5. The Bertz CT molecular complexity index is 3320. The van der Waals surface area contributed by atoms with Crippen molar-refractivity contribution in [3.63, 3.8) is 0 Å². The Morgan fingerprint density at radius 3 is 1.06 bits per heavy atom. The third kappa shape index (κ3) is 7.49. The van der Waals surface area contributed by atoms with E-state index in [0.29, 0.717) is 0 Å². The number of hydrogen-bond donors (Lipinski definition) is 0.